The van der Waals surface area contributed by atoms with Gasteiger partial charge < -0.3 is 0 Å². The van der Waals surface area contributed by atoms with Crippen LogP contribution >= 0.6 is 27.3 Å². The van der Waals surface area contributed by atoms with Crippen molar-refractivity contribution >= 4 is 31.9 Å². The summed E-state index contributed by atoms with van der Waals surface area (Å²) in [6, 6.07) is 5.86. The van der Waals surface area contributed by atoms with Gasteiger partial charge in [0, 0.05) is 7.92 Å². The van der Waals surface area contributed by atoms with Crippen molar-refractivity contribution in [2.45, 2.75) is 146 Å². The van der Waals surface area contributed by atoms with Gasteiger partial charge in [0.15, 0.2) is 0 Å². The molecule has 0 radical (unpaired) electrons. The molecule has 3 aliphatic carbocycles. The zero-order valence-electron chi connectivity index (χ0n) is 28.0. The van der Waals surface area contributed by atoms with Gasteiger partial charge in [0.1, 0.15) is 0 Å². The molecule has 0 bridgehead atoms. The molecule has 1 aliphatic heterocycles. The van der Waals surface area contributed by atoms with Crippen molar-refractivity contribution in [2.75, 3.05) is 40.0 Å². The van der Waals surface area contributed by atoms with Gasteiger partial charge in [-0.2, -0.15) is 0 Å². The van der Waals surface area contributed by atoms with Gasteiger partial charge in [-0.05, 0) is 84.1 Å². The van der Waals surface area contributed by atoms with Crippen molar-refractivity contribution < 1.29 is 23.0 Å². The van der Waals surface area contributed by atoms with Crippen LogP contribution in [0.4, 0.5) is 0 Å². The van der Waals surface area contributed by atoms with E-state index in [1.54, 1.807) is 96.3 Å². The molecule has 44 heavy (non-hydrogen) atoms. The number of hydrogen-bond acceptors (Lipinski definition) is 4. The summed E-state index contributed by atoms with van der Waals surface area (Å²) in [7, 11) is 14.2. The fourth-order valence-corrected chi connectivity index (χ4v) is 15.1. The molecule has 1 saturated heterocycles. The molecule has 0 aromatic heterocycles. The van der Waals surface area contributed by atoms with E-state index in [2.05, 4.69) is 16.8 Å². The minimum atomic E-state index is -1.91. The molecule has 254 valence electrons. The maximum absolute atomic E-state index is 6.04. The Balaban J connectivity index is 0.000000208. The summed E-state index contributed by atoms with van der Waals surface area (Å²) < 4.78 is 13.6. The molecule has 0 amide bonds. The quantitative estimate of drug-likeness (QED) is 0.120. The molecule has 4 nitrogen and oxygen atoms in total. The Kier molecular flexibility index (Phi) is 17.3. The molecule has 4 fully saturated rings. The fourth-order valence-electron chi connectivity index (χ4n) is 8.05. The van der Waals surface area contributed by atoms with Gasteiger partial charge in [0.25, 0.3) is 0 Å². The normalized spacial score (nSPS) is 21.8. The van der Waals surface area contributed by atoms with E-state index >= 15 is 0 Å². The van der Waals surface area contributed by atoms with Gasteiger partial charge in [-0.15, -0.1) is 0 Å². The Morgan fingerprint density at radius 3 is 1.89 bits per heavy atom. The van der Waals surface area contributed by atoms with Crippen LogP contribution < -0.4 is 9.47 Å². The van der Waals surface area contributed by atoms with E-state index in [1.165, 1.54) is 30.1 Å². The molecule has 4 aliphatic rings. The first-order chi connectivity index (χ1) is 21.4. The predicted octanol–water partition coefficient (Wildman–Crippen LogP) is 10.1. The Morgan fingerprint density at radius 2 is 1.41 bits per heavy atom. The van der Waals surface area contributed by atoms with Gasteiger partial charge in [-0.1, -0.05) is 19.3 Å². The molecule has 0 atom stereocenters. The van der Waals surface area contributed by atoms with Crippen molar-refractivity contribution in [3.63, 3.8) is 0 Å². The zero-order chi connectivity index (χ0) is 31.1. The van der Waals surface area contributed by atoms with E-state index in [4.69, 9.17) is 28.9 Å². The average Bonchev–Trinajstić information content (AvgIpc) is 3.44. The zero-order valence-corrected chi connectivity index (χ0v) is 32.2. The van der Waals surface area contributed by atoms with Gasteiger partial charge in [0.05, 0.1) is 17.0 Å². The summed E-state index contributed by atoms with van der Waals surface area (Å²) >= 11 is -1.91. The number of halogens is 2. The van der Waals surface area contributed by atoms with Crippen LogP contribution in [0.25, 0.3) is 0 Å². The van der Waals surface area contributed by atoms with Gasteiger partial charge in [0.2, 0.25) is 0 Å². The van der Waals surface area contributed by atoms with Crippen LogP contribution in [0.1, 0.15) is 129 Å². The van der Waals surface area contributed by atoms with Gasteiger partial charge in [-0.25, -0.2) is 0 Å². The average molecular weight is 758 g/mol. The second-order valence-electron chi connectivity index (χ2n) is 14.1. The third-order valence-corrected chi connectivity index (χ3v) is 16.5. The number of ether oxygens (including phenoxy) is 2. The molecule has 5 rings (SSSR count). The molecule has 3 saturated carbocycles. The first-order valence-corrected chi connectivity index (χ1v) is 25.1. The van der Waals surface area contributed by atoms with Crippen molar-refractivity contribution in [3.8, 4) is 11.5 Å². The number of likely N-dealkylation sites (N-methyl/N-ethyl adjacent to an activating group) is 1. The Morgan fingerprint density at radius 1 is 0.841 bits per heavy atom. The van der Waals surface area contributed by atoms with Crippen LogP contribution in [0.3, 0.4) is 0 Å². The predicted molar refractivity (Wildman–Crippen MR) is 192 cm³/mol. The van der Waals surface area contributed by atoms with E-state index in [-0.39, 0.29) is 14.0 Å². The van der Waals surface area contributed by atoms with E-state index in [0.717, 1.165) is 49.7 Å². The number of benzene rings is 1. The summed E-state index contributed by atoms with van der Waals surface area (Å²) in [6.45, 7) is 9.30. The minimum absolute atomic E-state index is 0.0465. The summed E-state index contributed by atoms with van der Waals surface area (Å²) in [6.07, 6.45) is 26.1. The molecule has 0 unspecified atom stereocenters. The molecule has 1 aromatic carbocycles. The number of hydrogen-bond donors (Lipinski definition) is 0. The van der Waals surface area contributed by atoms with Crippen LogP contribution in [-0.2, 0) is 13.5 Å². The van der Waals surface area contributed by atoms with Crippen LogP contribution in [0.15, 0.2) is 18.2 Å². The molecular weight excluding hydrogens is 695 g/mol. The number of rotatable bonds is 12. The molecule has 0 spiro atoms. The summed E-state index contributed by atoms with van der Waals surface area (Å²) in [4.78, 5) is 4.83. The fraction of sp³-hybridized carbons (Fsp3) is 0.806. The van der Waals surface area contributed by atoms with Crippen LogP contribution in [0, 0.1) is 0 Å². The SMILES string of the molecule is C1CCC([PH+](C2CCCCC2)C2CCCCC2)CC1.CC(C)Oc1ccc(OCCCCN2CCN(C)C2)cc1[CH]=[Ru]([Cl])[Cl]. The second kappa shape index (κ2) is 20.6. The van der Waals surface area contributed by atoms with E-state index in [9.17, 15) is 0 Å². The Bertz CT molecular complexity index is 934. The third kappa shape index (κ3) is 13.0. The summed E-state index contributed by atoms with van der Waals surface area (Å²) in [5, 5.41) is 0. The monoisotopic (exact) mass is 757 g/mol. The topological polar surface area (TPSA) is 24.9 Å². The maximum atomic E-state index is 6.04. The van der Waals surface area contributed by atoms with Crippen molar-refractivity contribution in [2.24, 2.45) is 0 Å². The first-order valence-electron chi connectivity index (χ1n) is 17.9. The van der Waals surface area contributed by atoms with Crippen molar-refractivity contribution in [1.29, 1.82) is 0 Å². The number of unbranched alkanes of at least 4 members (excludes halogenated alkanes) is 1. The Labute approximate surface area is 284 Å². The first kappa shape index (κ1) is 37.1. The second-order valence-corrected chi connectivity index (χ2v) is 23.2. The van der Waals surface area contributed by atoms with Crippen molar-refractivity contribution in [3.05, 3.63) is 23.8 Å². The van der Waals surface area contributed by atoms with Gasteiger partial charge >= 0.3 is 158 Å². The van der Waals surface area contributed by atoms with Crippen molar-refractivity contribution in [1.82, 2.24) is 9.80 Å². The third-order valence-electron chi connectivity index (χ3n) is 10.1. The summed E-state index contributed by atoms with van der Waals surface area (Å²) in [5.74, 6) is 1.65. The molecule has 1 heterocycles. The van der Waals surface area contributed by atoms with Crippen LogP contribution in [-0.4, -0.2) is 77.4 Å². The Hall–Kier alpha value is 0.243. The van der Waals surface area contributed by atoms with Crippen LogP contribution in [0.2, 0.25) is 0 Å². The number of nitrogens with zero attached hydrogens (tertiary/aromatic N) is 2. The summed E-state index contributed by atoms with van der Waals surface area (Å²) in [5.41, 5.74) is 4.61. The molecule has 8 heteroatoms. The van der Waals surface area contributed by atoms with E-state index in [1.807, 2.05) is 36.7 Å². The molecule has 0 N–H and O–H groups in total. The molecule has 1 aromatic rings. The van der Waals surface area contributed by atoms with Crippen LogP contribution in [0.5, 0.6) is 11.5 Å². The van der Waals surface area contributed by atoms with E-state index < -0.39 is 13.5 Å². The molecular formula is C36H62Cl2N2O2PRu+. The van der Waals surface area contributed by atoms with E-state index in [0.29, 0.717) is 0 Å². The van der Waals surface area contributed by atoms with Gasteiger partial charge in [-0.3, -0.25) is 0 Å². The standard InChI is InChI=1S/C18H28N2O2.C18H33P.2ClH.Ru/c1-15(2)22-18-8-7-17(13-16(18)3)21-12-6-5-9-20-11-10-19(4)14-20;1-4-10-16(11-5-1)19(17-12-6-2-7-13-17)18-14-8-3-9-15-18;;;/h3,7-8,13,15H,5-6,9-12,14H2,1-2,4H3;16-18H,1-15H2;2*1H;/q;;;;+2/p-1.